The van der Waals surface area contributed by atoms with Crippen LogP contribution in [0.15, 0.2) is 170 Å². The molecule has 4 nitrogen and oxygen atoms in total. The van der Waals surface area contributed by atoms with Gasteiger partial charge in [-0.05, 0) is 130 Å². The van der Waals surface area contributed by atoms with Crippen LogP contribution in [0.5, 0.6) is 0 Å². The van der Waals surface area contributed by atoms with E-state index in [1.807, 2.05) is 48.5 Å². The fourth-order valence-corrected chi connectivity index (χ4v) is 11.3. The van der Waals surface area contributed by atoms with E-state index in [0.717, 1.165) is 50.4 Å². The number of hydrogen-bond acceptors (Lipinski definition) is 4. The van der Waals surface area contributed by atoms with E-state index in [9.17, 15) is 5.26 Å². The average Bonchev–Trinajstić information content (AvgIpc) is 3.29. The van der Waals surface area contributed by atoms with Gasteiger partial charge in [0.2, 0.25) is 0 Å². The molecule has 12 rings (SSSR count). The number of aromatic nitrogens is 3. The van der Waals surface area contributed by atoms with Gasteiger partial charge in [0, 0.05) is 16.7 Å². The molecule has 0 N–H and O–H groups in total. The predicted molar refractivity (Wildman–Crippen MR) is 234 cm³/mol. The van der Waals surface area contributed by atoms with Crippen LogP contribution in [0.25, 0.3) is 67.2 Å². The molecule has 4 aliphatic rings. The van der Waals surface area contributed by atoms with E-state index in [2.05, 4.69) is 127 Å². The van der Waals surface area contributed by atoms with E-state index >= 15 is 0 Å². The molecular weight excluding hydrogens is 705 g/mol. The molecule has 4 heteroatoms. The lowest BCUT2D eigenvalue weighted by atomic mass is 9.41. The summed E-state index contributed by atoms with van der Waals surface area (Å²) in [6.07, 6.45) is 7.78. The molecule has 58 heavy (non-hydrogen) atoms. The summed E-state index contributed by atoms with van der Waals surface area (Å²) >= 11 is 0. The first-order chi connectivity index (χ1) is 28.5. The van der Waals surface area contributed by atoms with Gasteiger partial charge in [-0.25, -0.2) is 15.0 Å². The Bertz CT molecular complexity index is 2770. The fraction of sp³-hybridized carbons (Fsp3) is 0.185. The molecule has 0 saturated heterocycles. The highest BCUT2D eigenvalue weighted by atomic mass is 15.0. The van der Waals surface area contributed by atoms with Crippen LogP contribution in [0.4, 0.5) is 0 Å². The minimum absolute atomic E-state index is 0.204. The van der Waals surface area contributed by atoms with Crippen molar-refractivity contribution in [1.82, 2.24) is 15.0 Å². The van der Waals surface area contributed by atoms with Crippen molar-refractivity contribution in [3.63, 3.8) is 0 Å². The van der Waals surface area contributed by atoms with Gasteiger partial charge < -0.3 is 0 Å². The number of fused-ring (bicyclic) bond motifs is 1. The minimum Gasteiger partial charge on any atom is -0.208 e. The highest BCUT2D eigenvalue weighted by molar-refractivity contribution is 5.99. The second kappa shape index (κ2) is 13.7. The van der Waals surface area contributed by atoms with E-state index in [1.165, 1.54) is 60.8 Å². The summed E-state index contributed by atoms with van der Waals surface area (Å²) in [7, 11) is 0. The van der Waals surface area contributed by atoms with Crippen LogP contribution < -0.4 is 0 Å². The van der Waals surface area contributed by atoms with Crippen LogP contribution in [0, 0.1) is 23.2 Å². The Morgan fingerprint density at radius 3 is 1.45 bits per heavy atom. The first-order valence-electron chi connectivity index (χ1n) is 20.7. The second-order valence-electron chi connectivity index (χ2n) is 17.1. The van der Waals surface area contributed by atoms with Crippen molar-refractivity contribution in [3.05, 3.63) is 187 Å². The molecule has 0 radical (unpaired) electrons. The molecule has 4 bridgehead atoms. The number of benzene rings is 7. The molecular formula is C54H42N4. The van der Waals surface area contributed by atoms with Gasteiger partial charge in [0.05, 0.1) is 11.6 Å². The SMILES string of the molecule is N#Cc1ccc(-c2ccc(C34CC5CC(C3)CC(c3ccc(-c6cc(-c7nc(-c8ccccc8)nc(-c8ccccc8)n7)c7ccccc7c6)cc3)(C5)C4)cc2)cc1. The van der Waals surface area contributed by atoms with Crippen LogP contribution in [0.1, 0.15) is 55.2 Å². The van der Waals surface area contributed by atoms with Crippen molar-refractivity contribution in [1.29, 1.82) is 5.26 Å². The number of rotatable bonds is 7. The summed E-state index contributed by atoms with van der Waals surface area (Å²) in [6.45, 7) is 0. The predicted octanol–water partition coefficient (Wildman–Crippen LogP) is 13.0. The average molecular weight is 747 g/mol. The topological polar surface area (TPSA) is 62.5 Å². The normalized spacial score (nSPS) is 21.8. The molecule has 7 aromatic carbocycles. The zero-order chi connectivity index (χ0) is 38.7. The Hall–Kier alpha value is -6.70. The first-order valence-corrected chi connectivity index (χ1v) is 20.7. The van der Waals surface area contributed by atoms with Crippen LogP contribution in [-0.2, 0) is 10.8 Å². The molecule has 0 aliphatic heterocycles. The van der Waals surface area contributed by atoms with Gasteiger partial charge in [-0.15, -0.1) is 0 Å². The van der Waals surface area contributed by atoms with E-state index in [4.69, 9.17) is 15.0 Å². The van der Waals surface area contributed by atoms with Crippen molar-refractivity contribution in [3.8, 4) is 62.5 Å². The Balaban J connectivity index is 0.945. The zero-order valence-corrected chi connectivity index (χ0v) is 32.4. The zero-order valence-electron chi connectivity index (χ0n) is 32.4. The van der Waals surface area contributed by atoms with Gasteiger partial charge in [0.1, 0.15) is 0 Å². The van der Waals surface area contributed by atoms with E-state index in [-0.39, 0.29) is 10.8 Å². The summed E-state index contributed by atoms with van der Waals surface area (Å²) < 4.78 is 0. The first kappa shape index (κ1) is 34.5. The lowest BCUT2D eigenvalue weighted by molar-refractivity contribution is -0.0281. The third-order valence-electron chi connectivity index (χ3n) is 13.5. The van der Waals surface area contributed by atoms with Crippen molar-refractivity contribution in [2.24, 2.45) is 11.8 Å². The van der Waals surface area contributed by atoms with Gasteiger partial charge in [-0.2, -0.15) is 5.26 Å². The van der Waals surface area contributed by atoms with Crippen LogP contribution >= 0.6 is 0 Å². The third-order valence-corrected chi connectivity index (χ3v) is 13.5. The van der Waals surface area contributed by atoms with Gasteiger partial charge >= 0.3 is 0 Å². The van der Waals surface area contributed by atoms with E-state index < -0.39 is 0 Å². The molecule has 4 fully saturated rings. The Labute approximate surface area is 340 Å². The molecule has 278 valence electrons. The molecule has 2 unspecified atom stereocenters. The Morgan fingerprint density at radius 2 is 0.914 bits per heavy atom. The lowest BCUT2D eigenvalue weighted by Gasteiger charge is -2.63. The van der Waals surface area contributed by atoms with Gasteiger partial charge in [-0.3, -0.25) is 0 Å². The standard InChI is InChI=1S/C54H42N4/c55-34-36-15-17-39(18-16-36)40-19-23-46(24-20-40)53-30-37-27-38(31-53)33-54(32-37,35-53)47-25-21-41(22-26-47)45-28-44-13-7-8-14-48(44)49(29-45)52-57-50(42-9-3-1-4-10-42)56-51(58-52)43-11-5-2-6-12-43/h1-26,28-29,37-38H,27,30-33,35H2. The number of nitrogens with zero attached hydrogens (tertiary/aromatic N) is 4. The molecule has 4 saturated carbocycles. The Morgan fingerprint density at radius 1 is 0.448 bits per heavy atom. The third kappa shape index (κ3) is 6.01. The van der Waals surface area contributed by atoms with Gasteiger partial charge in [-0.1, -0.05) is 146 Å². The molecule has 0 spiro atoms. The molecule has 8 aromatic rings. The maximum Gasteiger partial charge on any atom is 0.164 e. The maximum absolute atomic E-state index is 9.26. The summed E-state index contributed by atoms with van der Waals surface area (Å²) in [5.74, 6) is 3.54. The largest absolute Gasteiger partial charge is 0.208 e. The maximum atomic E-state index is 9.26. The van der Waals surface area contributed by atoms with Crippen molar-refractivity contribution < 1.29 is 0 Å². The van der Waals surface area contributed by atoms with E-state index in [0.29, 0.717) is 23.0 Å². The summed E-state index contributed by atoms with van der Waals surface area (Å²) in [4.78, 5) is 15.2. The molecule has 4 aliphatic carbocycles. The molecule has 1 aromatic heterocycles. The van der Waals surface area contributed by atoms with Gasteiger partial charge in [0.25, 0.3) is 0 Å². The Kier molecular flexibility index (Phi) is 8.19. The molecule has 0 amide bonds. The smallest absolute Gasteiger partial charge is 0.164 e. The van der Waals surface area contributed by atoms with Crippen molar-refractivity contribution >= 4 is 10.8 Å². The van der Waals surface area contributed by atoms with Crippen LogP contribution in [-0.4, -0.2) is 15.0 Å². The number of hydrogen-bond donors (Lipinski definition) is 0. The van der Waals surface area contributed by atoms with E-state index in [1.54, 1.807) is 0 Å². The lowest BCUT2D eigenvalue weighted by Crippen LogP contribution is -2.55. The summed E-state index contributed by atoms with van der Waals surface area (Å²) in [5.41, 5.74) is 11.8. The van der Waals surface area contributed by atoms with Crippen LogP contribution in [0.3, 0.4) is 0 Å². The van der Waals surface area contributed by atoms with Gasteiger partial charge in [0.15, 0.2) is 17.5 Å². The quantitative estimate of drug-likeness (QED) is 0.163. The van der Waals surface area contributed by atoms with Crippen LogP contribution in [0.2, 0.25) is 0 Å². The minimum atomic E-state index is 0.204. The fourth-order valence-electron chi connectivity index (χ4n) is 11.3. The monoisotopic (exact) mass is 746 g/mol. The highest BCUT2D eigenvalue weighted by Crippen LogP contribution is 2.66. The number of nitriles is 1. The highest BCUT2D eigenvalue weighted by Gasteiger charge is 2.58. The second-order valence-corrected chi connectivity index (χ2v) is 17.1. The summed E-state index contributed by atoms with van der Waals surface area (Å²) in [5, 5.41) is 11.5. The summed E-state index contributed by atoms with van der Waals surface area (Å²) in [6, 6.07) is 62.8. The molecule has 2 atom stereocenters. The van der Waals surface area contributed by atoms with Crippen molar-refractivity contribution in [2.75, 3.05) is 0 Å². The molecule has 1 heterocycles. The van der Waals surface area contributed by atoms with Crippen molar-refractivity contribution in [2.45, 2.75) is 49.4 Å².